The van der Waals surface area contributed by atoms with Crippen LogP contribution in [0, 0.1) is 6.92 Å². The van der Waals surface area contributed by atoms with E-state index in [1.165, 1.54) is 0 Å². The molecule has 2 N–H and O–H groups in total. The van der Waals surface area contributed by atoms with E-state index in [1.54, 1.807) is 12.1 Å². The summed E-state index contributed by atoms with van der Waals surface area (Å²) in [6.07, 6.45) is 0. The Hall–Kier alpha value is -1.71. The first-order valence-corrected chi connectivity index (χ1v) is 6.52. The van der Waals surface area contributed by atoms with Crippen molar-refractivity contribution in [2.24, 2.45) is 0 Å². The van der Waals surface area contributed by atoms with Gasteiger partial charge in [-0.1, -0.05) is 35.3 Å². The maximum Gasteiger partial charge on any atom is 0.162 e. The number of benzene rings is 1. The van der Waals surface area contributed by atoms with E-state index in [2.05, 4.69) is 4.98 Å². The summed E-state index contributed by atoms with van der Waals surface area (Å²) in [5.74, 6) is 0. The fourth-order valence-electron chi connectivity index (χ4n) is 2.15. The summed E-state index contributed by atoms with van der Waals surface area (Å²) in [6.45, 7) is 1.97. The van der Waals surface area contributed by atoms with E-state index in [9.17, 15) is 0 Å². The lowest BCUT2D eigenvalue weighted by molar-refractivity contribution is 1.11. The first-order chi connectivity index (χ1) is 9.08. The molecule has 2 aromatic heterocycles. The largest absolute Gasteiger partial charge is 0.396 e. The highest BCUT2D eigenvalue weighted by atomic mass is 35.5. The molecule has 3 nitrogen and oxygen atoms in total. The number of rotatable bonds is 1. The van der Waals surface area contributed by atoms with Gasteiger partial charge in [-0.05, 0) is 31.2 Å². The van der Waals surface area contributed by atoms with Crippen LogP contribution in [-0.4, -0.2) is 9.38 Å². The number of pyridine rings is 1. The second-order valence-electron chi connectivity index (χ2n) is 4.32. The molecule has 0 saturated heterocycles. The van der Waals surface area contributed by atoms with E-state index in [4.69, 9.17) is 28.9 Å². The third kappa shape index (κ3) is 1.95. The van der Waals surface area contributed by atoms with Crippen molar-refractivity contribution in [1.29, 1.82) is 0 Å². The summed E-state index contributed by atoms with van der Waals surface area (Å²) >= 11 is 12.1. The molecular formula is C14H11Cl2N3. The summed E-state index contributed by atoms with van der Waals surface area (Å²) in [6, 6.07) is 11.1. The second kappa shape index (κ2) is 4.44. The van der Waals surface area contributed by atoms with Gasteiger partial charge in [0, 0.05) is 16.3 Å². The molecule has 5 heteroatoms. The molecule has 0 amide bonds. The Bertz CT molecular complexity index is 760. The Balaban J connectivity index is 2.31. The molecule has 0 fully saturated rings. The van der Waals surface area contributed by atoms with Crippen LogP contribution in [0.4, 0.5) is 5.69 Å². The topological polar surface area (TPSA) is 43.3 Å². The number of anilines is 1. The monoisotopic (exact) mass is 291 g/mol. The van der Waals surface area contributed by atoms with Crippen LogP contribution in [0.1, 0.15) is 5.69 Å². The maximum absolute atomic E-state index is 6.21. The van der Waals surface area contributed by atoms with Gasteiger partial charge >= 0.3 is 0 Å². The highest BCUT2D eigenvalue weighted by Crippen LogP contribution is 2.29. The van der Waals surface area contributed by atoms with Crippen LogP contribution in [0.3, 0.4) is 0 Å². The number of hydrogen-bond acceptors (Lipinski definition) is 2. The summed E-state index contributed by atoms with van der Waals surface area (Å²) in [5, 5.41) is 1.29. The van der Waals surface area contributed by atoms with E-state index in [0.29, 0.717) is 21.5 Å². The number of nitrogens with zero attached hydrogens (tertiary/aromatic N) is 2. The normalized spacial score (nSPS) is 11.1. The van der Waals surface area contributed by atoms with E-state index in [-0.39, 0.29) is 0 Å². The van der Waals surface area contributed by atoms with Crippen LogP contribution in [0.5, 0.6) is 0 Å². The lowest BCUT2D eigenvalue weighted by Gasteiger charge is -2.02. The van der Waals surface area contributed by atoms with E-state index in [1.807, 2.05) is 35.6 Å². The fraction of sp³-hybridized carbons (Fsp3) is 0.0714. The summed E-state index contributed by atoms with van der Waals surface area (Å²) in [7, 11) is 0. The molecule has 0 aliphatic rings. The first kappa shape index (κ1) is 12.3. The van der Waals surface area contributed by atoms with Crippen molar-refractivity contribution in [2.45, 2.75) is 6.92 Å². The number of aromatic nitrogens is 2. The van der Waals surface area contributed by atoms with Gasteiger partial charge in [0.1, 0.15) is 5.15 Å². The van der Waals surface area contributed by atoms with E-state index >= 15 is 0 Å². The van der Waals surface area contributed by atoms with Crippen molar-refractivity contribution in [1.82, 2.24) is 9.38 Å². The Morgan fingerprint density at radius 1 is 1.05 bits per heavy atom. The number of aryl methyl sites for hydroxylation is 1. The molecule has 1 aromatic carbocycles. The zero-order valence-corrected chi connectivity index (χ0v) is 11.7. The molecule has 0 aliphatic heterocycles. The van der Waals surface area contributed by atoms with Gasteiger partial charge in [-0.15, -0.1) is 0 Å². The molecule has 0 saturated carbocycles. The first-order valence-electron chi connectivity index (χ1n) is 5.77. The van der Waals surface area contributed by atoms with Gasteiger partial charge in [0.25, 0.3) is 0 Å². The SMILES string of the molecule is Cc1c(-c2ccc(Cl)cc2)nc2c(N)ccc(Cl)n12. The fourth-order valence-corrected chi connectivity index (χ4v) is 2.54. The predicted molar refractivity (Wildman–Crippen MR) is 79.8 cm³/mol. The Labute approximate surface area is 120 Å². The number of nitrogen functional groups attached to an aromatic ring is 1. The maximum atomic E-state index is 6.21. The Morgan fingerprint density at radius 3 is 2.37 bits per heavy atom. The van der Waals surface area contributed by atoms with Crippen LogP contribution in [0.2, 0.25) is 10.2 Å². The van der Waals surface area contributed by atoms with Gasteiger partial charge in [0.05, 0.1) is 11.4 Å². The van der Waals surface area contributed by atoms with Gasteiger partial charge in [0.15, 0.2) is 5.65 Å². The molecule has 3 aromatic rings. The molecule has 0 aliphatic carbocycles. The molecule has 0 bridgehead atoms. The summed E-state index contributed by atoms with van der Waals surface area (Å²) in [5.41, 5.74) is 10.0. The number of imidazole rings is 1. The molecule has 3 rings (SSSR count). The number of hydrogen-bond donors (Lipinski definition) is 1. The van der Waals surface area contributed by atoms with Crippen molar-refractivity contribution < 1.29 is 0 Å². The number of fused-ring (bicyclic) bond motifs is 1. The molecule has 0 radical (unpaired) electrons. The van der Waals surface area contributed by atoms with Crippen LogP contribution in [0.25, 0.3) is 16.9 Å². The average molecular weight is 292 g/mol. The van der Waals surface area contributed by atoms with Gasteiger partial charge in [-0.3, -0.25) is 4.40 Å². The minimum Gasteiger partial charge on any atom is -0.396 e. The summed E-state index contributed by atoms with van der Waals surface area (Å²) < 4.78 is 1.85. The standard InChI is InChI=1S/C14H11Cl2N3/c1-8-13(9-2-4-10(15)5-3-9)18-14-11(17)6-7-12(16)19(8)14/h2-7H,17H2,1H3. The zero-order chi connectivity index (χ0) is 13.6. The van der Waals surface area contributed by atoms with Crippen molar-refractivity contribution >= 4 is 34.5 Å². The molecule has 96 valence electrons. The van der Waals surface area contributed by atoms with Crippen molar-refractivity contribution in [2.75, 3.05) is 5.73 Å². The van der Waals surface area contributed by atoms with Crippen molar-refractivity contribution in [3.05, 3.63) is 52.3 Å². The third-order valence-electron chi connectivity index (χ3n) is 3.10. The van der Waals surface area contributed by atoms with Gasteiger partial charge in [-0.25, -0.2) is 4.98 Å². The zero-order valence-electron chi connectivity index (χ0n) is 10.2. The highest BCUT2D eigenvalue weighted by molar-refractivity contribution is 6.30. The summed E-state index contributed by atoms with van der Waals surface area (Å²) in [4.78, 5) is 4.58. The minimum absolute atomic E-state index is 0.592. The van der Waals surface area contributed by atoms with Crippen LogP contribution < -0.4 is 5.73 Å². The third-order valence-corrected chi connectivity index (χ3v) is 3.64. The number of halogens is 2. The number of nitrogens with two attached hydrogens (primary N) is 1. The average Bonchev–Trinajstić information content (AvgIpc) is 2.74. The van der Waals surface area contributed by atoms with E-state index < -0.39 is 0 Å². The van der Waals surface area contributed by atoms with E-state index in [0.717, 1.165) is 17.0 Å². The smallest absolute Gasteiger partial charge is 0.162 e. The van der Waals surface area contributed by atoms with Crippen molar-refractivity contribution in [3.63, 3.8) is 0 Å². The lowest BCUT2D eigenvalue weighted by Crippen LogP contribution is -1.94. The van der Waals surface area contributed by atoms with Gasteiger partial charge in [-0.2, -0.15) is 0 Å². The quantitative estimate of drug-likeness (QED) is 0.683. The predicted octanol–water partition coefficient (Wildman–Crippen LogP) is 4.20. The highest BCUT2D eigenvalue weighted by Gasteiger charge is 2.14. The van der Waals surface area contributed by atoms with Crippen LogP contribution in [-0.2, 0) is 0 Å². The van der Waals surface area contributed by atoms with Gasteiger partial charge < -0.3 is 5.73 Å². The second-order valence-corrected chi connectivity index (χ2v) is 5.15. The lowest BCUT2D eigenvalue weighted by atomic mass is 10.1. The Morgan fingerprint density at radius 2 is 1.74 bits per heavy atom. The Kier molecular flexibility index (Phi) is 2.88. The molecule has 0 atom stereocenters. The molecule has 19 heavy (non-hydrogen) atoms. The van der Waals surface area contributed by atoms with Crippen LogP contribution >= 0.6 is 23.2 Å². The van der Waals surface area contributed by atoms with Gasteiger partial charge in [0.2, 0.25) is 0 Å². The van der Waals surface area contributed by atoms with Crippen LogP contribution in [0.15, 0.2) is 36.4 Å². The molecular weight excluding hydrogens is 281 g/mol. The molecule has 0 unspecified atom stereocenters. The van der Waals surface area contributed by atoms with Crippen molar-refractivity contribution in [3.8, 4) is 11.3 Å². The minimum atomic E-state index is 0.592. The molecule has 2 heterocycles. The molecule has 0 spiro atoms.